The molecule has 3 aromatic rings. The maximum absolute atomic E-state index is 12.9. The van der Waals surface area contributed by atoms with Crippen molar-refractivity contribution >= 4 is 23.0 Å². The first-order valence-corrected chi connectivity index (χ1v) is 9.16. The Morgan fingerprint density at radius 3 is 2.43 bits per heavy atom. The highest BCUT2D eigenvalue weighted by atomic mass is 16.2. The average Bonchev–Trinajstić information content (AvgIpc) is 3.04. The topological polar surface area (TPSA) is 78.7 Å². The Labute approximate surface area is 164 Å². The van der Waals surface area contributed by atoms with Gasteiger partial charge in [-0.25, -0.2) is 4.98 Å². The molecule has 0 spiro atoms. The minimum Gasteiger partial charge on any atom is -0.349 e. The van der Waals surface area contributed by atoms with Gasteiger partial charge in [0.1, 0.15) is 0 Å². The lowest BCUT2D eigenvalue weighted by molar-refractivity contribution is 0.0948. The zero-order chi connectivity index (χ0) is 20.3. The predicted octanol–water partition coefficient (Wildman–Crippen LogP) is 2.49. The van der Waals surface area contributed by atoms with Crippen LogP contribution in [0.2, 0.25) is 0 Å². The quantitative estimate of drug-likeness (QED) is 0.690. The van der Waals surface area contributed by atoms with Gasteiger partial charge in [-0.1, -0.05) is 24.3 Å². The number of aromatic nitrogens is 2. The van der Waals surface area contributed by atoms with E-state index in [1.54, 1.807) is 22.7 Å². The Bertz CT molecular complexity index is 1000. The van der Waals surface area contributed by atoms with E-state index in [4.69, 9.17) is 0 Å². The van der Waals surface area contributed by atoms with Crippen molar-refractivity contribution in [3.63, 3.8) is 0 Å². The smallest absolute Gasteiger partial charge is 0.292 e. The molecule has 28 heavy (non-hydrogen) atoms. The number of aryl methyl sites for hydroxylation is 2. The van der Waals surface area contributed by atoms with Gasteiger partial charge in [-0.15, -0.1) is 0 Å². The molecule has 0 atom stereocenters. The van der Waals surface area contributed by atoms with Crippen molar-refractivity contribution in [2.45, 2.75) is 13.8 Å². The summed E-state index contributed by atoms with van der Waals surface area (Å²) in [5.74, 6) is -0.473. The molecule has 2 N–H and O–H groups in total. The summed E-state index contributed by atoms with van der Waals surface area (Å²) in [6.07, 6.45) is 1.73. The lowest BCUT2D eigenvalue weighted by atomic mass is 10.1. The maximum Gasteiger partial charge on any atom is 0.292 e. The average molecular weight is 379 g/mol. The fourth-order valence-electron chi connectivity index (χ4n) is 3.02. The molecule has 0 aliphatic heterocycles. The molecule has 0 radical (unpaired) electrons. The van der Waals surface area contributed by atoms with E-state index in [0.717, 1.165) is 23.4 Å². The summed E-state index contributed by atoms with van der Waals surface area (Å²) in [6.45, 7) is 5.10. The van der Waals surface area contributed by atoms with Crippen LogP contribution in [0.15, 0.2) is 42.6 Å². The lowest BCUT2D eigenvalue weighted by Crippen LogP contribution is -2.31. The molecule has 0 unspecified atom stereocenters. The number of hydrogen-bond acceptors (Lipinski definition) is 4. The minimum atomic E-state index is -0.356. The number of carbonyl (C=O) groups is 2. The van der Waals surface area contributed by atoms with E-state index in [0.29, 0.717) is 12.1 Å². The maximum atomic E-state index is 12.9. The number of fused-ring (bicyclic) bond motifs is 1. The Morgan fingerprint density at radius 1 is 1.04 bits per heavy atom. The number of nitrogens with one attached hydrogen (secondary N) is 2. The number of pyridine rings is 1. The van der Waals surface area contributed by atoms with E-state index in [2.05, 4.69) is 15.6 Å². The van der Waals surface area contributed by atoms with Crippen molar-refractivity contribution in [2.24, 2.45) is 0 Å². The third-order valence-corrected chi connectivity index (χ3v) is 4.53. The summed E-state index contributed by atoms with van der Waals surface area (Å²) in [5.41, 5.74) is 3.53. The van der Waals surface area contributed by atoms with Gasteiger partial charge >= 0.3 is 0 Å². The number of carbonyl (C=O) groups excluding carboxylic acids is 2. The standard InChI is InChI=1S/C21H25N5O2/c1-14-8-7-9-15(2)17(14)24-21(28)19-23-18(16-10-5-6-12-26(16)19)20(27)22-11-13-25(3)4/h5-10,12H,11,13H2,1-4H3,(H,22,27)(H,24,28). The van der Waals surface area contributed by atoms with Crippen molar-refractivity contribution in [2.75, 3.05) is 32.5 Å². The highest BCUT2D eigenvalue weighted by Gasteiger charge is 2.22. The van der Waals surface area contributed by atoms with Gasteiger partial charge in [-0.2, -0.15) is 0 Å². The van der Waals surface area contributed by atoms with E-state index in [1.807, 2.05) is 57.1 Å². The molecule has 0 saturated heterocycles. The van der Waals surface area contributed by atoms with E-state index in [-0.39, 0.29) is 23.3 Å². The van der Waals surface area contributed by atoms with Crippen LogP contribution in [0, 0.1) is 13.8 Å². The second-order valence-corrected chi connectivity index (χ2v) is 7.02. The summed E-state index contributed by atoms with van der Waals surface area (Å²) >= 11 is 0. The molecule has 146 valence electrons. The highest BCUT2D eigenvalue weighted by Crippen LogP contribution is 2.21. The van der Waals surface area contributed by atoms with Gasteiger partial charge in [0, 0.05) is 25.0 Å². The lowest BCUT2D eigenvalue weighted by Gasteiger charge is -2.10. The Balaban J connectivity index is 1.91. The van der Waals surface area contributed by atoms with Gasteiger partial charge in [-0.3, -0.25) is 14.0 Å². The first-order chi connectivity index (χ1) is 13.4. The van der Waals surface area contributed by atoms with E-state index in [9.17, 15) is 9.59 Å². The van der Waals surface area contributed by atoms with E-state index >= 15 is 0 Å². The van der Waals surface area contributed by atoms with Crippen LogP contribution in [-0.2, 0) is 0 Å². The van der Waals surface area contributed by atoms with Crippen LogP contribution in [0.5, 0.6) is 0 Å². The fraction of sp³-hybridized carbons (Fsp3) is 0.286. The molecule has 0 saturated carbocycles. The zero-order valence-electron chi connectivity index (χ0n) is 16.6. The molecule has 0 bridgehead atoms. The Hall–Kier alpha value is -3.19. The number of nitrogens with zero attached hydrogens (tertiary/aromatic N) is 3. The van der Waals surface area contributed by atoms with Crippen LogP contribution in [0.4, 0.5) is 5.69 Å². The summed E-state index contributed by atoms with van der Waals surface area (Å²) in [5, 5.41) is 5.79. The SMILES string of the molecule is Cc1cccc(C)c1NC(=O)c1nc(C(=O)NCCN(C)C)c2ccccn12. The van der Waals surface area contributed by atoms with Crippen LogP contribution < -0.4 is 10.6 Å². The zero-order valence-corrected chi connectivity index (χ0v) is 16.6. The van der Waals surface area contributed by atoms with Crippen molar-refractivity contribution in [3.8, 4) is 0 Å². The van der Waals surface area contributed by atoms with Crippen molar-refractivity contribution < 1.29 is 9.59 Å². The number of benzene rings is 1. The first kappa shape index (κ1) is 19.6. The van der Waals surface area contributed by atoms with Gasteiger partial charge in [0.05, 0.1) is 5.52 Å². The molecular formula is C21H25N5O2. The van der Waals surface area contributed by atoms with Crippen LogP contribution in [0.3, 0.4) is 0 Å². The molecule has 0 aliphatic carbocycles. The summed E-state index contributed by atoms with van der Waals surface area (Å²) in [4.78, 5) is 31.9. The molecule has 7 heteroatoms. The number of anilines is 1. The van der Waals surface area contributed by atoms with Crippen LogP contribution >= 0.6 is 0 Å². The number of para-hydroxylation sites is 1. The van der Waals surface area contributed by atoms with Crippen molar-refractivity contribution in [3.05, 3.63) is 65.2 Å². The minimum absolute atomic E-state index is 0.177. The largest absolute Gasteiger partial charge is 0.349 e. The van der Waals surface area contributed by atoms with Gasteiger partial charge in [0.2, 0.25) is 5.82 Å². The molecule has 2 amide bonds. The summed E-state index contributed by atoms with van der Waals surface area (Å²) in [7, 11) is 3.88. The van der Waals surface area contributed by atoms with Gasteiger partial charge in [0.15, 0.2) is 5.69 Å². The molecule has 3 rings (SSSR count). The van der Waals surface area contributed by atoms with Crippen LogP contribution in [-0.4, -0.2) is 53.3 Å². The predicted molar refractivity (Wildman–Crippen MR) is 110 cm³/mol. The normalized spacial score (nSPS) is 11.0. The Kier molecular flexibility index (Phi) is 5.75. The Morgan fingerprint density at radius 2 is 1.75 bits per heavy atom. The van der Waals surface area contributed by atoms with Crippen LogP contribution in [0.1, 0.15) is 32.2 Å². The summed E-state index contributed by atoms with van der Waals surface area (Å²) < 4.78 is 1.64. The highest BCUT2D eigenvalue weighted by molar-refractivity contribution is 6.06. The molecule has 2 aromatic heterocycles. The summed E-state index contributed by atoms with van der Waals surface area (Å²) in [6, 6.07) is 11.2. The molecule has 7 nitrogen and oxygen atoms in total. The van der Waals surface area contributed by atoms with Crippen molar-refractivity contribution in [1.82, 2.24) is 19.6 Å². The van der Waals surface area contributed by atoms with E-state index < -0.39 is 0 Å². The molecule has 1 aromatic carbocycles. The second kappa shape index (κ2) is 8.22. The third kappa shape index (κ3) is 4.04. The molecule has 0 aliphatic rings. The van der Waals surface area contributed by atoms with Crippen LogP contribution in [0.25, 0.3) is 5.52 Å². The molecule has 2 heterocycles. The number of rotatable bonds is 6. The number of hydrogen-bond donors (Lipinski definition) is 2. The van der Waals surface area contributed by atoms with Gasteiger partial charge in [0.25, 0.3) is 11.8 Å². The monoisotopic (exact) mass is 379 g/mol. The third-order valence-electron chi connectivity index (χ3n) is 4.53. The van der Waals surface area contributed by atoms with Gasteiger partial charge in [-0.05, 0) is 51.2 Å². The first-order valence-electron chi connectivity index (χ1n) is 9.16. The number of imidazole rings is 1. The van der Waals surface area contributed by atoms with Crippen molar-refractivity contribution in [1.29, 1.82) is 0 Å². The molecular weight excluding hydrogens is 354 g/mol. The second-order valence-electron chi connectivity index (χ2n) is 7.02. The number of likely N-dealkylation sites (N-methyl/N-ethyl adjacent to an activating group) is 1. The fourth-order valence-corrected chi connectivity index (χ4v) is 3.02. The number of amides is 2. The van der Waals surface area contributed by atoms with Gasteiger partial charge < -0.3 is 15.5 Å². The molecule has 0 fully saturated rings. The van der Waals surface area contributed by atoms with E-state index in [1.165, 1.54) is 0 Å².